The molecule has 0 radical (unpaired) electrons. The van der Waals surface area contributed by atoms with Crippen LogP contribution in [0.3, 0.4) is 0 Å². The molecule has 2 aromatic carbocycles. The van der Waals surface area contributed by atoms with Crippen molar-refractivity contribution in [2.75, 3.05) is 18.4 Å². The Morgan fingerprint density at radius 3 is 2.37 bits per heavy atom. The molecule has 1 aliphatic rings. The number of hydrogen-bond acceptors (Lipinski definition) is 2. The highest BCUT2D eigenvalue weighted by Gasteiger charge is 2.33. The molecule has 2 N–H and O–H groups in total. The van der Waals surface area contributed by atoms with Gasteiger partial charge in [-0.25, -0.2) is 4.79 Å². The molecule has 1 fully saturated rings. The number of urea groups is 1. The number of benzene rings is 2. The van der Waals surface area contributed by atoms with E-state index in [4.69, 9.17) is 0 Å². The first-order valence-electron chi connectivity index (χ1n) is 10.9. The van der Waals surface area contributed by atoms with Crippen LogP contribution >= 0.6 is 0 Å². The zero-order valence-electron chi connectivity index (χ0n) is 18.4. The van der Waals surface area contributed by atoms with E-state index in [0.29, 0.717) is 29.6 Å². The van der Waals surface area contributed by atoms with E-state index in [1.165, 1.54) is 11.1 Å². The Labute approximate surface area is 179 Å². The van der Waals surface area contributed by atoms with Gasteiger partial charge in [0.05, 0.1) is 6.04 Å². The first-order chi connectivity index (χ1) is 14.3. The molecule has 0 bridgehead atoms. The maximum atomic E-state index is 13.1. The average molecular weight is 408 g/mol. The summed E-state index contributed by atoms with van der Waals surface area (Å²) in [6, 6.07) is 15.5. The first-order valence-corrected chi connectivity index (χ1v) is 10.9. The maximum Gasteiger partial charge on any atom is 0.322 e. The van der Waals surface area contributed by atoms with E-state index in [2.05, 4.69) is 62.6 Å². The SMILES string of the molecule is Cc1ccc([C@@H]2[C@@H](C)CCCN2C(=O)Nc2ccc(C(=O)NCC(C)C)cc2)cc1. The number of aryl methyl sites for hydroxylation is 1. The molecule has 5 heteroatoms. The number of piperidine rings is 1. The summed E-state index contributed by atoms with van der Waals surface area (Å²) in [5.74, 6) is 0.714. The largest absolute Gasteiger partial charge is 0.352 e. The molecule has 30 heavy (non-hydrogen) atoms. The number of carbonyl (C=O) groups excluding carboxylic acids is 2. The Morgan fingerprint density at radius 2 is 1.73 bits per heavy atom. The number of amides is 3. The van der Waals surface area contributed by atoms with Gasteiger partial charge in [0, 0.05) is 24.3 Å². The number of nitrogens with zero attached hydrogens (tertiary/aromatic N) is 1. The number of hydrogen-bond donors (Lipinski definition) is 2. The van der Waals surface area contributed by atoms with Gasteiger partial charge in [-0.2, -0.15) is 0 Å². The van der Waals surface area contributed by atoms with Crippen molar-refractivity contribution in [1.82, 2.24) is 10.2 Å². The maximum absolute atomic E-state index is 13.1. The zero-order valence-corrected chi connectivity index (χ0v) is 18.4. The molecular formula is C25H33N3O2. The van der Waals surface area contributed by atoms with E-state index in [9.17, 15) is 9.59 Å². The highest BCUT2D eigenvalue weighted by molar-refractivity contribution is 5.95. The monoisotopic (exact) mass is 407 g/mol. The average Bonchev–Trinajstić information content (AvgIpc) is 2.73. The number of rotatable bonds is 5. The third-order valence-corrected chi connectivity index (χ3v) is 5.68. The lowest BCUT2D eigenvalue weighted by Gasteiger charge is -2.40. The van der Waals surface area contributed by atoms with E-state index in [1.807, 2.05) is 4.90 Å². The van der Waals surface area contributed by atoms with Crippen LogP contribution in [0.4, 0.5) is 10.5 Å². The molecule has 5 nitrogen and oxygen atoms in total. The summed E-state index contributed by atoms with van der Waals surface area (Å²) in [5.41, 5.74) is 3.69. The van der Waals surface area contributed by atoms with Gasteiger partial charge in [-0.05, 0) is 61.4 Å². The fraction of sp³-hybridized carbons (Fsp3) is 0.440. The van der Waals surface area contributed by atoms with Crippen molar-refractivity contribution in [2.45, 2.75) is 46.6 Å². The van der Waals surface area contributed by atoms with Crippen molar-refractivity contribution in [3.05, 3.63) is 65.2 Å². The van der Waals surface area contributed by atoms with E-state index in [0.717, 1.165) is 19.4 Å². The zero-order chi connectivity index (χ0) is 21.7. The number of likely N-dealkylation sites (tertiary alicyclic amines) is 1. The molecule has 160 valence electrons. The second kappa shape index (κ2) is 9.79. The molecule has 3 amide bonds. The van der Waals surface area contributed by atoms with Crippen LogP contribution < -0.4 is 10.6 Å². The molecule has 0 aliphatic carbocycles. The van der Waals surface area contributed by atoms with E-state index >= 15 is 0 Å². The van der Waals surface area contributed by atoms with Gasteiger partial charge < -0.3 is 15.5 Å². The lowest BCUT2D eigenvalue weighted by molar-refractivity contribution is 0.0949. The molecular weight excluding hydrogens is 374 g/mol. The van der Waals surface area contributed by atoms with E-state index < -0.39 is 0 Å². The predicted molar refractivity (Wildman–Crippen MR) is 122 cm³/mol. The van der Waals surface area contributed by atoms with Crippen molar-refractivity contribution in [3.63, 3.8) is 0 Å². The summed E-state index contributed by atoms with van der Waals surface area (Å²) in [6.07, 6.45) is 2.12. The molecule has 2 aromatic rings. The fourth-order valence-corrected chi connectivity index (χ4v) is 3.99. The topological polar surface area (TPSA) is 61.4 Å². The van der Waals surface area contributed by atoms with Crippen LogP contribution in [0, 0.1) is 18.8 Å². The standard InChI is InChI=1S/C25H33N3O2/c1-17(2)16-26-24(29)21-11-13-22(14-12-21)27-25(30)28-15-5-6-19(4)23(28)20-9-7-18(3)8-10-20/h7-14,17,19,23H,5-6,15-16H2,1-4H3,(H,26,29)(H,27,30)/t19-,23-/m0/s1. The van der Waals surface area contributed by atoms with Crippen LogP contribution in [0.5, 0.6) is 0 Å². The lowest BCUT2D eigenvalue weighted by Crippen LogP contribution is -2.44. The Kier molecular flexibility index (Phi) is 7.14. The van der Waals surface area contributed by atoms with Crippen molar-refractivity contribution >= 4 is 17.6 Å². The summed E-state index contributed by atoms with van der Waals surface area (Å²) in [5, 5.41) is 5.92. The van der Waals surface area contributed by atoms with Crippen molar-refractivity contribution in [3.8, 4) is 0 Å². The summed E-state index contributed by atoms with van der Waals surface area (Å²) in [4.78, 5) is 27.2. The second-order valence-corrected chi connectivity index (χ2v) is 8.78. The van der Waals surface area contributed by atoms with Gasteiger partial charge >= 0.3 is 6.03 Å². The van der Waals surface area contributed by atoms with E-state index in [-0.39, 0.29) is 18.0 Å². The van der Waals surface area contributed by atoms with Crippen molar-refractivity contribution in [1.29, 1.82) is 0 Å². The summed E-state index contributed by atoms with van der Waals surface area (Å²) in [7, 11) is 0. The normalized spacial score (nSPS) is 18.9. The molecule has 1 heterocycles. The fourth-order valence-electron chi connectivity index (χ4n) is 3.99. The van der Waals surface area contributed by atoms with Crippen LogP contribution in [0.1, 0.15) is 61.1 Å². The van der Waals surface area contributed by atoms with E-state index in [1.54, 1.807) is 24.3 Å². The Hall–Kier alpha value is -2.82. The van der Waals surface area contributed by atoms with Crippen LogP contribution in [0.25, 0.3) is 0 Å². The third-order valence-electron chi connectivity index (χ3n) is 5.68. The van der Waals surface area contributed by atoms with Crippen LogP contribution in [0.15, 0.2) is 48.5 Å². The quantitative estimate of drug-likeness (QED) is 0.698. The molecule has 3 rings (SSSR count). The van der Waals surface area contributed by atoms with Gasteiger partial charge in [0.1, 0.15) is 0 Å². The second-order valence-electron chi connectivity index (χ2n) is 8.78. The Morgan fingerprint density at radius 1 is 1.07 bits per heavy atom. The molecule has 0 aromatic heterocycles. The minimum Gasteiger partial charge on any atom is -0.352 e. The highest BCUT2D eigenvalue weighted by atomic mass is 16.2. The number of carbonyl (C=O) groups is 2. The molecule has 2 atom stereocenters. The molecule has 0 saturated carbocycles. The lowest BCUT2D eigenvalue weighted by atomic mass is 9.86. The molecule has 1 aliphatic heterocycles. The minimum absolute atomic E-state index is 0.0698. The van der Waals surface area contributed by atoms with Gasteiger partial charge in [-0.1, -0.05) is 50.6 Å². The van der Waals surface area contributed by atoms with Crippen LogP contribution in [0.2, 0.25) is 0 Å². The number of nitrogens with one attached hydrogen (secondary N) is 2. The van der Waals surface area contributed by atoms with Crippen molar-refractivity contribution < 1.29 is 9.59 Å². The third kappa shape index (κ3) is 5.41. The highest BCUT2D eigenvalue weighted by Crippen LogP contribution is 2.36. The molecule has 1 saturated heterocycles. The van der Waals surface area contributed by atoms with Gasteiger partial charge in [-0.15, -0.1) is 0 Å². The van der Waals surface area contributed by atoms with Gasteiger partial charge in [0.15, 0.2) is 0 Å². The van der Waals surface area contributed by atoms with Crippen molar-refractivity contribution in [2.24, 2.45) is 11.8 Å². The Bertz CT molecular complexity index is 859. The first kappa shape index (κ1) is 21.9. The summed E-state index contributed by atoms with van der Waals surface area (Å²) < 4.78 is 0. The van der Waals surface area contributed by atoms with Gasteiger partial charge in [-0.3, -0.25) is 4.79 Å². The molecule has 0 spiro atoms. The van der Waals surface area contributed by atoms with Gasteiger partial charge in [0.2, 0.25) is 0 Å². The number of anilines is 1. The predicted octanol–water partition coefficient (Wildman–Crippen LogP) is 5.39. The van der Waals surface area contributed by atoms with Crippen LogP contribution in [-0.4, -0.2) is 29.9 Å². The smallest absolute Gasteiger partial charge is 0.322 e. The minimum atomic E-state index is -0.0934. The summed E-state index contributed by atoms with van der Waals surface area (Å²) in [6.45, 7) is 9.80. The van der Waals surface area contributed by atoms with Crippen LogP contribution in [-0.2, 0) is 0 Å². The summed E-state index contributed by atoms with van der Waals surface area (Å²) >= 11 is 0. The van der Waals surface area contributed by atoms with Gasteiger partial charge in [0.25, 0.3) is 5.91 Å². The Balaban J connectivity index is 1.69. The molecule has 0 unspecified atom stereocenters.